The van der Waals surface area contributed by atoms with E-state index in [1.807, 2.05) is 6.08 Å². The first kappa shape index (κ1) is 126. The van der Waals surface area contributed by atoms with Crippen LogP contribution in [-0.2, 0) is 67.1 Å². The summed E-state index contributed by atoms with van der Waals surface area (Å²) in [7, 11) is -37.1. The highest BCUT2D eigenvalue weighted by atomic mass is 28.5. The highest BCUT2D eigenvalue weighted by Gasteiger charge is 2.56. The van der Waals surface area contributed by atoms with Gasteiger partial charge in [-0.25, -0.2) is 4.79 Å². The third-order valence-electron chi connectivity index (χ3n) is 19.8. The van der Waals surface area contributed by atoms with Crippen LogP contribution >= 0.6 is 0 Å². The first-order chi connectivity index (χ1) is 54.4. The summed E-state index contributed by atoms with van der Waals surface area (Å²) in [6.45, 7) is 112. The molecule has 0 aliphatic rings. The molecule has 3 atom stereocenters. The summed E-state index contributed by atoms with van der Waals surface area (Å²) >= 11 is 0. The van der Waals surface area contributed by atoms with Crippen LogP contribution in [0.15, 0.2) is 68.3 Å². The highest BCUT2D eigenvalue weighted by Crippen LogP contribution is 2.39. The molecule has 0 N–H and O–H groups in total. The van der Waals surface area contributed by atoms with Crippen molar-refractivity contribution < 1.29 is 67.1 Å². The van der Waals surface area contributed by atoms with E-state index < -0.39 is 195 Å². The lowest BCUT2D eigenvalue weighted by molar-refractivity contribution is -0.139. The summed E-state index contributed by atoms with van der Waals surface area (Å²) in [5.74, 6) is -0.345. The summed E-state index contributed by atoms with van der Waals surface area (Å²) in [5, 5.41) is 2.32. The Morgan fingerprint density at radius 1 is 0.392 bits per heavy atom. The maximum Gasteiger partial charge on any atom is 0.505 e. The standard InChI is InChI=1S/C30H76O8Si12.C28H74O8Si10.2C11H24Si/c1-18-29-19-21-30(22-20-29)50(36-46(12,13)25-23-39-31-41(2)3,37-47(14,15)26-24-40-32-42(4)5)38-48(16,17)27-28-49(33-43(6)7,34-44(8)9)35-45(10)11;1-27(2)28(29)30-19-18-23-46(34-43(12,13)24-20-40(9)31-37(3)4,35-44(14,15)25-21-41(10)32-38(5)6)36-45(16,17)26-22-42(11)33-39(7)8;2*1-7-11(5,6)8-9-12-10(2,3)4/h18-22,41-45H,1,23-28,39-40H2,2-17H3;37-42H,1,18-26H2,2-17H3;2*7H,1,8-9,12H2,2-6H3. The molecule has 1 aromatic carbocycles. The topological polar surface area (TPSA) is 156 Å². The van der Waals surface area contributed by atoms with Gasteiger partial charge in [0.2, 0.25) is 0 Å². The molecule has 0 amide bonds. The van der Waals surface area contributed by atoms with E-state index in [9.17, 15) is 4.79 Å². The fourth-order valence-electron chi connectivity index (χ4n) is 13.5. The van der Waals surface area contributed by atoms with Crippen molar-refractivity contribution in [2.24, 2.45) is 10.8 Å². The van der Waals surface area contributed by atoms with E-state index >= 15 is 0 Å². The van der Waals surface area contributed by atoms with Crippen molar-refractivity contribution in [2.75, 3.05) is 6.61 Å². The van der Waals surface area contributed by atoms with Crippen molar-refractivity contribution in [3.05, 3.63) is 73.9 Å². The van der Waals surface area contributed by atoms with Crippen LogP contribution in [0.1, 0.15) is 101 Å². The van der Waals surface area contributed by atoms with Gasteiger partial charge in [0, 0.05) is 41.9 Å². The predicted molar refractivity (Wildman–Crippen MR) is 597 cm³/mol. The summed E-state index contributed by atoms with van der Waals surface area (Å²) in [6.07, 6.45) is 9.36. The number of carbonyl (C=O) groups is 1. The van der Waals surface area contributed by atoms with Crippen molar-refractivity contribution in [3.8, 4) is 0 Å². The first-order valence-electron chi connectivity index (χ1n) is 46.6. The molecule has 1 aromatic rings. The largest absolute Gasteiger partial charge is 0.505 e. The quantitative estimate of drug-likeness (QED) is 0.0199. The van der Waals surface area contributed by atoms with Gasteiger partial charge in [-0.15, -0.1) is 13.2 Å². The van der Waals surface area contributed by atoms with Gasteiger partial charge in [0.1, 0.15) is 19.5 Å². The van der Waals surface area contributed by atoms with Crippen LogP contribution in [0.4, 0.5) is 0 Å². The highest BCUT2D eigenvalue weighted by molar-refractivity contribution is 6.97. The zero-order valence-electron chi connectivity index (χ0n) is 86.5. The molecule has 3 unspecified atom stereocenters. The molecule has 40 heteroatoms. The van der Waals surface area contributed by atoms with Gasteiger partial charge in [0.05, 0.1) is 6.61 Å². The molecule has 0 aliphatic carbocycles. The minimum atomic E-state index is -3.43. The molecule has 0 spiro atoms. The van der Waals surface area contributed by atoms with Crippen LogP contribution in [-0.4, -0.2) is 227 Å². The molecule has 710 valence electrons. The van der Waals surface area contributed by atoms with Gasteiger partial charge in [0.15, 0.2) is 149 Å². The Morgan fingerprint density at radius 2 is 0.700 bits per heavy atom. The number of allylic oxidation sites excluding steroid dienone is 2. The lowest BCUT2D eigenvalue weighted by Gasteiger charge is -2.45. The second kappa shape index (κ2) is 60.5. The average molecular weight is 2090 g/mol. The number of esters is 1. The van der Waals surface area contributed by atoms with Gasteiger partial charge in [-0.2, -0.15) is 0 Å². The second-order valence-electron chi connectivity index (χ2n) is 43.8. The van der Waals surface area contributed by atoms with Crippen molar-refractivity contribution in [1.29, 1.82) is 0 Å². The molecular formula is C80H198O16Si24. The fraction of sp³-hybridized carbons (Fsp3) is 0.812. The van der Waals surface area contributed by atoms with Gasteiger partial charge in [-0.3, -0.25) is 0 Å². The monoisotopic (exact) mass is 2090 g/mol. The smallest absolute Gasteiger partial charge is 0.463 e. The lowest BCUT2D eigenvalue weighted by atomic mass is 9.91. The summed E-state index contributed by atoms with van der Waals surface area (Å²) in [4.78, 5) is 12.2. The molecule has 0 bridgehead atoms. The third kappa shape index (κ3) is 68.3. The maximum atomic E-state index is 12.2. The van der Waals surface area contributed by atoms with E-state index in [-0.39, 0.29) is 25.0 Å². The molecule has 1 rings (SSSR count). The van der Waals surface area contributed by atoms with E-state index in [0.29, 0.717) is 45.6 Å². The van der Waals surface area contributed by atoms with Crippen molar-refractivity contribution in [1.82, 2.24) is 0 Å². The summed E-state index contributed by atoms with van der Waals surface area (Å²) < 4.78 is 103. The molecule has 16 nitrogen and oxygen atoms in total. The molecule has 120 heavy (non-hydrogen) atoms. The molecule has 0 heterocycles. The number of hydrogen-bond donors (Lipinski definition) is 0. The zero-order chi connectivity index (χ0) is 94.0. The van der Waals surface area contributed by atoms with Gasteiger partial charge < -0.3 is 62.3 Å². The van der Waals surface area contributed by atoms with Crippen molar-refractivity contribution in [2.45, 2.75) is 399 Å². The van der Waals surface area contributed by atoms with Gasteiger partial charge in [-0.05, 0) is 322 Å². The number of ether oxygens (including phenoxy) is 1. The number of benzene rings is 1. The zero-order valence-corrected chi connectivity index (χ0v) is 114. The Bertz CT molecular complexity index is 2760. The number of rotatable bonds is 61. The normalized spacial score (nSPS) is 15.5. The van der Waals surface area contributed by atoms with Gasteiger partial charge in [0.25, 0.3) is 0 Å². The SMILES string of the molecule is C=C(C)C(=O)OCCC[Si](O[Si](C)(C)CC[SiH](C)O[SiH](C)C)(O[Si](C)(C)CC[SiH](C)O[SiH](C)C)O[Si](C)(C)CC[SiH](C)O[SiH](C)C.C=CC(C)(C)CC[SiH2]C(C)(C)C.C=CC(C)(C)CC[SiH2]C(C)(C)C.C=Cc1ccc([Si](O[Si](C)(C)CC[SiH2]O[SiH](C)C)(O[Si](C)(C)CC[SiH2]O[SiH](C)C)O[Si](C)(C)CC[Si](O[SiH](C)C)(O[SiH](C)C)O[SiH](C)C)cc1. The van der Waals surface area contributed by atoms with E-state index in [2.05, 4.69) is 335 Å². The van der Waals surface area contributed by atoms with E-state index in [0.717, 1.165) is 83.3 Å². The van der Waals surface area contributed by atoms with E-state index in [1.165, 1.54) is 24.9 Å². The lowest BCUT2D eigenvalue weighted by Crippen LogP contribution is -2.68. The van der Waals surface area contributed by atoms with Crippen LogP contribution in [0.3, 0.4) is 0 Å². The first-order valence-corrected chi connectivity index (χ1v) is 107. The van der Waals surface area contributed by atoms with Crippen LogP contribution in [0.25, 0.3) is 6.08 Å². The van der Waals surface area contributed by atoms with E-state index in [4.69, 9.17) is 62.3 Å². The second-order valence-corrected chi connectivity index (χ2v) is 119. The Kier molecular flexibility index (Phi) is 63.8. The van der Waals surface area contributed by atoms with Gasteiger partial charge in [-0.1, -0.05) is 137 Å². The van der Waals surface area contributed by atoms with Crippen molar-refractivity contribution in [3.63, 3.8) is 0 Å². The fourth-order valence-corrected chi connectivity index (χ4v) is 101. The van der Waals surface area contributed by atoms with Gasteiger partial charge >= 0.3 is 32.4 Å². The third-order valence-corrected chi connectivity index (χ3v) is 93.9. The Balaban J connectivity index is -0.00000179. The van der Waals surface area contributed by atoms with E-state index in [1.54, 1.807) is 6.92 Å². The molecule has 0 fully saturated rings. The minimum Gasteiger partial charge on any atom is -0.463 e. The molecular weight excluding hydrogens is 1890 g/mol. The Morgan fingerprint density at radius 3 is 0.967 bits per heavy atom. The van der Waals surface area contributed by atoms with Crippen molar-refractivity contribution >= 4 is 232 Å². The predicted octanol–water partition coefficient (Wildman–Crippen LogP) is 20.0. The maximum absolute atomic E-state index is 12.2. The van der Waals surface area contributed by atoms with Crippen LogP contribution in [0, 0.1) is 10.8 Å². The molecule has 0 saturated heterocycles. The summed E-state index contributed by atoms with van der Waals surface area (Å²) in [5.41, 5.74) is 2.22. The van der Waals surface area contributed by atoms with Crippen LogP contribution in [0.5, 0.6) is 0 Å². The Labute approximate surface area is 781 Å². The van der Waals surface area contributed by atoms with Crippen LogP contribution < -0.4 is 5.19 Å². The average Bonchev–Trinajstić information content (AvgIpc) is 0.767. The molecule has 0 aromatic heterocycles. The number of carbonyl (C=O) groups excluding carboxylic acids is 1. The molecule has 0 aliphatic heterocycles. The Hall–Kier alpha value is 2.30. The molecule has 0 saturated carbocycles. The minimum absolute atomic E-state index is 0.113. The summed E-state index contributed by atoms with van der Waals surface area (Å²) in [6, 6.07) is 24.7. The molecule has 0 radical (unpaired) electrons. The number of hydrogen-bond acceptors (Lipinski definition) is 16. The van der Waals surface area contributed by atoms with Crippen LogP contribution in [0.2, 0.25) is 304 Å².